The minimum atomic E-state index is -0.801. The van der Waals surface area contributed by atoms with Crippen molar-refractivity contribution in [3.8, 4) is 0 Å². The van der Waals surface area contributed by atoms with E-state index in [1.807, 2.05) is 20.8 Å². The Bertz CT molecular complexity index is 251. The predicted octanol–water partition coefficient (Wildman–Crippen LogP) is 0.387. The number of nitrogens with two attached hydrogens (primary N) is 1. The molecule has 0 aromatic rings. The normalized spacial score (nSPS) is 15.5. The number of hydrogen-bond donors (Lipinski definition) is 1. The van der Waals surface area contributed by atoms with Crippen LogP contribution in [0.1, 0.15) is 27.7 Å². The lowest BCUT2D eigenvalue weighted by Gasteiger charge is -2.27. The number of carbonyl (C=O) groups excluding carboxylic acids is 1. The van der Waals surface area contributed by atoms with Crippen molar-refractivity contribution in [2.75, 3.05) is 0 Å². The third kappa shape index (κ3) is 4.87. The second-order valence-electron chi connectivity index (χ2n) is 4.11. The molecule has 0 spiro atoms. The molecule has 80 valence electrons. The highest BCUT2D eigenvalue weighted by atomic mass is 16.5. The molecule has 0 saturated carbocycles. The van der Waals surface area contributed by atoms with E-state index in [2.05, 4.69) is 4.79 Å². The van der Waals surface area contributed by atoms with Gasteiger partial charge in [0.15, 0.2) is 0 Å². The van der Waals surface area contributed by atoms with Crippen molar-refractivity contribution in [1.29, 1.82) is 0 Å². The summed E-state index contributed by atoms with van der Waals surface area (Å²) in [4.78, 5) is 13.8. The molecule has 5 heteroatoms. The van der Waals surface area contributed by atoms with Crippen molar-refractivity contribution in [3.05, 3.63) is 5.53 Å². The van der Waals surface area contributed by atoms with Crippen LogP contribution in [0, 0.1) is 0 Å². The van der Waals surface area contributed by atoms with Crippen molar-refractivity contribution in [2.45, 2.75) is 45.4 Å². The molecule has 0 unspecified atom stereocenters. The summed E-state index contributed by atoms with van der Waals surface area (Å²) in [5.41, 5.74) is 13.4. The number of carbonyl (C=O) groups is 1. The first-order valence-electron chi connectivity index (χ1n) is 4.42. The SMILES string of the molecule is C[C@H](OC(C)(C)C)[C@H](N)C(=O)C=[N+]=[N-]. The van der Waals surface area contributed by atoms with Crippen LogP contribution in [0.3, 0.4) is 0 Å². The Hall–Kier alpha value is -1.03. The fourth-order valence-electron chi connectivity index (χ4n) is 1.01. The van der Waals surface area contributed by atoms with Crippen LogP contribution in [0.25, 0.3) is 5.53 Å². The maximum absolute atomic E-state index is 11.2. The van der Waals surface area contributed by atoms with Crippen LogP contribution in [0.4, 0.5) is 0 Å². The molecule has 2 N–H and O–H groups in total. The molecule has 14 heavy (non-hydrogen) atoms. The van der Waals surface area contributed by atoms with E-state index in [4.69, 9.17) is 16.0 Å². The van der Waals surface area contributed by atoms with Gasteiger partial charge in [-0.1, -0.05) is 0 Å². The largest absolute Gasteiger partial charge is 0.371 e. The predicted molar refractivity (Wildman–Crippen MR) is 53.0 cm³/mol. The van der Waals surface area contributed by atoms with E-state index < -0.39 is 17.9 Å². The van der Waals surface area contributed by atoms with Crippen LogP contribution in [0.2, 0.25) is 0 Å². The smallest absolute Gasteiger partial charge is 0.324 e. The lowest BCUT2D eigenvalue weighted by molar-refractivity contribution is -0.124. The quantitative estimate of drug-likeness (QED) is 0.403. The van der Waals surface area contributed by atoms with E-state index >= 15 is 0 Å². The highest BCUT2D eigenvalue weighted by Gasteiger charge is 2.26. The molecule has 0 fully saturated rings. The van der Waals surface area contributed by atoms with Gasteiger partial charge in [-0.3, -0.25) is 4.79 Å². The maximum atomic E-state index is 11.2. The summed E-state index contributed by atoms with van der Waals surface area (Å²) >= 11 is 0. The Morgan fingerprint density at radius 3 is 2.43 bits per heavy atom. The zero-order chi connectivity index (χ0) is 11.4. The minimum absolute atomic E-state index is 0.353. The summed E-state index contributed by atoms with van der Waals surface area (Å²) in [7, 11) is 0. The molecule has 0 radical (unpaired) electrons. The fraction of sp³-hybridized carbons (Fsp3) is 0.778. The number of ketones is 1. The van der Waals surface area contributed by atoms with Gasteiger partial charge in [0.1, 0.15) is 6.04 Å². The molecular weight excluding hydrogens is 182 g/mol. The van der Waals surface area contributed by atoms with Gasteiger partial charge in [-0.05, 0) is 27.7 Å². The van der Waals surface area contributed by atoms with Gasteiger partial charge < -0.3 is 16.0 Å². The van der Waals surface area contributed by atoms with Gasteiger partial charge in [-0.2, -0.15) is 4.79 Å². The fourth-order valence-corrected chi connectivity index (χ4v) is 1.01. The first kappa shape index (κ1) is 13.0. The summed E-state index contributed by atoms with van der Waals surface area (Å²) in [5, 5.41) is 0. The molecule has 5 nitrogen and oxygen atoms in total. The van der Waals surface area contributed by atoms with Crippen molar-refractivity contribution >= 4 is 12.0 Å². The topological polar surface area (TPSA) is 88.7 Å². The van der Waals surface area contributed by atoms with Gasteiger partial charge in [-0.25, -0.2) is 0 Å². The molecule has 0 bridgehead atoms. The van der Waals surface area contributed by atoms with Gasteiger partial charge in [0, 0.05) is 0 Å². The first-order chi connectivity index (χ1) is 6.28. The lowest BCUT2D eigenvalue weighted by Crippen LogP contribution is -2.45. The minimum Gasteiger partial charge on any atom is -0.371 e. The molecule has 0 aromatic carbocycles. The average Bonchev–Trinajstić information content (AvgIpc) is 2.00. The molecule has 0 aliphatic carbocycles. The maximum Gasteiger partial charge on any atom is 0.324 e. The Kier molecular flexibility index (Phi) is 4.63. The van der Waals surface area contributed by atoms with Gasteiger partial charge in [0.2, 0.25) is 0 Å². The highest BCUT2D eigenvalue weighted by molar-refractivity contribution is 6.27. The van der Waals surface area contributed by atoms with Gasteiger partial charge >= 0.3 is 6.21 Å². The zero-order valence-corrected chi connectivity index (χ0v) is 9.02. The molecule has 0 rings (SSSR count). The van der Waals surface area contributed by atoms with Crippen molar-refractivity contribution in [3.63, 3.8) is 0 Å². The van der Waals surface area contributed by atoms with Crippen LogP contribution in [0.5, 0.6) is 0 Å². The van der Waals surface area contributed by atoms with Crippen molar-refractivity contribution < 1.29 is 14.3 Å². The number of hydrogen-bond acceptors (Lipinski definition) is 3. The summed E-state index contributed by atoms with van der Waals surface area (Å²) < 4.78 is 5.48. The Morgan fingerprint density at radius 2 is 2.07 bits per heavy atom. The molecule has 0 amide bonds. The second kappa shape index (κ2) is 5.00. The van der Waals surface area contributed by atoms with E-state index in [-0.39, 0.29) is 5.60 Å². The van der Waals surface area contributed by atoms with E-state index in [0.717, 1.165) is 6.21 Å². The summed E-state index contributed by atoms with van der Waals surface area (Å²) in [6.45, 7) is 7.33. The number of rotatable bonds is 4. The van der Waals surface area contributed by atoms with Crippen molar-refractivity contribution in [1.82, 2.24) is 0 Å². The first-order valence-corrected chi connectivity index (χ1v) is 4.42. The van der Waals surface area contributed by atoms with Crippen molar-refractivity contribution in [2.24, 2.45) is 5.73 Å². The number of nitrogens with zero attached hydrogens (tertiary/aromatic N) is 2. The molecule has 0 aliphatic heterocycles. The third-order valence-corrected chi connectivity index (χ3v) is 1.56. The average molecular weight is 199 g/mol. The monoisotopic (exact) mass is 199 g/mol. The zero-order valence-electron chi connectivity index (χ0n) is 9.02. The van der Waals surface area contributed by atoms with Gasteiger partial charge in [0.05, 0.1) is 11.7 Å². The molecule has 0 aliphatic rings. The Morgan fingerprint density at radius 1 is 1.57 bits per heavy atom. The van der Waals surface area contributed by atoms with Crippen LogP contribution < -0.4 is 5.73 Å². The Labute approximate surface area is 83.9 Å². The van der Waals surface area contributed by atoms with Crippen LogP contribution >= 0.6 is 0 Å². The second-order valence-corrected chi connectivity index (χ2v) is 4.11. The molecule has 0 aromatic heterocycles. The highest BCUT2D eigenvalue weighted by Crippen LogP contribution is 2.12. The van der Waals surface area contributed by atoms with E-state index in [0.29, 0.717) is 0 Å². The van der Waals surface area contributed by atoms with Gasteiger partial charge in [-0.15, -0.1) is 0 Å². The lowest BCUT2D eigenvalue weighted by atomic mass is 10.1. The van der Waals surface area contributed by atoms with Gasteiger partial charge in [0.25, 0.3) is 5.78 Å². The summed E-state index contributed by atoms with van der Waals surface area (Å²) in [6.07, 6.45) is 0.369. The summed E-state index contributed by atoms with van der Waals surface area (Å²) in [6, 6.07) is -0.801. The van der Waals surface area contributed by atoms with Crippen LogP contribution in [-0.2, 0) is 9.53 Å². The number of Topliss-reactive ketones (excluding diaryl/α,β-unsaturated/α-hetero) is 1. The summed E-state index contributed by atoms with van der Waals surface area (Å²) in [5.74, 6) is -0.454. The van der Waals surface area contributed by atoms with E-state index in [1.54, 1.807) is 6.92 Å². The standard InChI is InChI=1S/C9H17N3O2/c1-6(14-9(2,3)4)8(10)7(13)5-12-11/h5-6,8H,10H2,1-4H3/t6-,8-/m0/s1. The Balaban J connectivity index is 4.32. The molecule has 0 saturated heterocycles. The molecule has 0 heterocycles. The van der Waals surface area contributed by atoms with E-state index in [9.17, 15) is 4.79 Å². The van der Waals surface area contributed by atoms with Crippen LogP contribution in [-0.4, -0.2) is 34.5 Å². The van der Waals surface area contributed by atoms with E-state index in [1.165, 1.54) is 0 Å². The molecule has 2 atom stereocenters. The third-order valence-electron chi connectivity index (χ3n) is 1.56. The molecular formula is C9H17N3O2. The van der Waals surface area contributed by atoms with Crippen LogP contribution in [0.15, 0.2) is 0 Å². The number of ether oxygens (including phenoxy) is 1.